The molecule has 78 valence electrons. The topological polar surface area (TPSA) is 41.7 Å². The molecule has 0 amide bonds. The summed E-state index contributed by atoms with van der Waals surface area (Å²) in [6.07, 6.45) is 1.76. The number of aryl methyl sites for hydroxylation is 1. The second-order valence-corrected chi connectivity index (χ2v) is 4.43. The predicted molar refractivity (Wildman–Crippen MR) is 62.5 cm³/mol. The summed E-state index contributed by atoms with van der Waals surface area (Å²) in [7, 11) is 0. The Hall–Kier alpha value is -1.29. The fraction of sp³-hybridized carbons (Fsp3) is 0.182. The molecule has 0 saturated carbocycles. The molecule has 0 bridgehead atoms. The number of nitrogens with zero attached hydrogens (tertiary/aromatic N) is 1. The molecule has 2 heterocycles. The van der Waals surface area contributed by atoms with Crippen LogP contribution in [0.25, 0.3) is 5.52 Å². The molecule has 0 aliphatic heterocycles. The molecule has 0 atom stereocenters. The first-order valence-corrected chi connectivity index (χ1v) is 5.31. The van der Waals surface area contributed by atoms with Gasteiger partial charge in [0.25, 0.3) is 5.56 Å². The van der Waals surface area contributed by atoms with Crippen LogP contribution in [0.1, 0.15) is 11.1 Å². The highest BCUT2D eigenvalue weighted by Crippen LogP contribution is 2.22. The lowest BCUT2D eigenvalue weighted by Crippen LogP contribution is -2.16. The van der Waals surface area contributed by atoms with Gasteiger partial charge in [0.2, 0.25) is 0 Å². The normalized spacial score (nSPS) is 10.9. The van der Waals surface area contributed by atoms with E-state index in [0.717, 1.165) is 10.0 Å². The third-order valence-corrected chi connectivity index (χ3v) is 3.02. The van der Waals surface area contributed by atoms with Gasteiger partial charge in [0.15, 0.2) is 0 Å². The lowest BCUT2D eigenvalue weighted by Gasteiger charge is -2.07. The first-order valence-electron chi connectivity index (χ1n) is 4.52. The molecule has 3 nitrogen and oxygen atoms in total. The van der Waals surface area contributed by atoms with Gasteiger partial charge < -0.3 is 5.11 Å². The van der Waals surface area contributed by atoms with Crippen LogP contribution in [0.15, 0.2) is 27.6 Å². The van der Waals surface area contributed by atoms with Crippen molar-refractivity contribution in [1.29, 1.82) is 0 Å². The minimum atomic E-state index is -0.186. The third-order valence-electron chi connectivity index (χ3n) is 2.39. The molecule has 0 aliphatic rings. The van der Waals surface area contributed by atoms with Gasteiger partial charge in [-0.05, 0) is 41.4 Å². The number of rotatable bonds is 0. The van der Waals surface area contributed by atoms with Crippen molar-refractivity contribution in [1.82, 2.24) is 4.40 Å². The molecule has 2 rings (SSSR count). The summed E-state index contributed by atoms with van der Waals surface area (Å²) >= 11 is 3.37. The lowest BCUT2D eigenvalue weighted by atomic mass is 10.2. The van der Waals surface area contributed by atoms with E-state index in [-0.39, 0.29) is 11.3 Å². The third kappa shape index (κ3) is 1.55. The summed E-state index contributed by atoms with van der Waals surface area (Å²) in [6, 6.07) is 3.49. The van der Waals surface area contributed by atoms with Crippen LogP contribution in [-0.4, -0.2) is 9.51 Å². The predicted octanol–water partition coefficient (Wildman–Crippen LogP) is 2.38. The Morgan fingerprint density at radius 3 is 2.67 bits per heavy atom. The first-order chi connectivity index (χ1) is 7.00. The molecule has 0 radical (unpaired) electrons. The number of hydrogen-bond acceptors (Lipinski definition) is 2. The van der Waals surface area contributed by atoms with Crippen molar-refractivity contribution in [2.45, 2.75) is 13.8 Å². The van der Waals surface area contributed by atoms with Crippen molar-refractivity contribution < 1.29 is 5.11 Å². The molecule has 0 aromatic carbocycles. The molecule has 2 aromatic rings. The Labute approximate surface area is 95.1 Å². The molecule has 0 fully saturated rings. The van der Waals surface area contributed by atoms with Gasteiger partial charge in [0, 0.05) is 16.7 Å². The quantitative estimate of drug-likeness (QED) is 0.797. The van der Waals surface area contributed by atoms with Crippen LogP contribution in [-0.2, 0) is 0 Å². The van der Waals surface area contributed by atoms with Gasteiger partial charge in [0.05, 0.1) is 11.1 Å². The van der Waals surface area contributed by atoms with Crippen molar-refractivity contribution in [3.05, 3.63) is 44.3 Å². The van der Waals surface area contributed by atoms with Gasteiger partial charge in [-0.1, -0.05) is 0 Å². The fourth-order valence-electron chi connectivity index (χ4n) is 1.53. The van der Waals surface area contributed by atoms with E-state index >= 15 is 0 Å². The number of fused-ring (bicyclic) bond motifs is 1. The first kappa shape index (κ1) is 10.2. The van der Waals surface area contributed by atoms with Gasteiger partial charge in [-0.2, -0.15) is 0 Å². The summed E-state index contributed by atoms with van der Waals surface area (Å²) in [5.74, 6) is 0.0320. The maximum Gasteiger partial charge on any atom is 0.261 e. The average molecular weight is 268 g/mol. The molecule has 0 aliphatic carbocycles. The van der Waals surface area contributed by atoms with Crippen molar-refractivity contribution >= 4 is 21.4 Å². The van der Waals surface area contributed by atoms with Gasteiger partial charge >= 0.3 is 0 Å². The van der Waals surface area contributed by atoms with Crippen molar-refractivity contribution in [2.24, 2.45) is 0 Å². The van der Waals surface area contributed by atoms with Crippen LogP contribution in [0.5, 0.6) is 5.75 Å². The van der Waals surface area contributed by atoms with Crippen LogP contribution >= 0.6 is 15.9 Å². The zero-order valence-corrected chi connectivity index (χ0v) is 10.00. The number of hydrogen-bond donors (Lipinski definition) is 1. The molecule has 2 aromatic heterocycles. The summed E-state index contributed by atoms with van der Waals surface area (Å²) in [5, 5.41) is 9.56. The molecular weight excluding hydrogens is 258 g/mol. The molecule has 0 saturated heterocycles. The smallest absolute Gasteiger partial charge is 0.261 e. The summed E-state index contributed by atoms with van der Waals surface area (Å²) < 4.78 is 2.34. The standard InChI is InChI=1S/C11H10BrNO2/c1-6-3-8(12)9-4-10(14)7(2)11(15)13(9)5-6/h3-5,14H,1-2H3. The molecule has 0 unspecified atom stereocenters. The molecule has 0 spiro atoms. The van der Waals surface area contributed by atoms with Gasteiger partial charge in [-0.3, -0.25) is 9.20 Å². The van der Waals surface area contributed by atoms with E-state index in [0.29, 0.717) is 11.1 Å². The Bertz CT molecular complexity index is 602. The van der Waals surface area contributed by atoms with E-state index < -0.39 is 0 Å². The lowest BCUT2D eigenvalue weighted by molar-refractivity contribution is 0.469. The second-order valence-electron chi connectivity index (χ2n) is 3.58. The number of pyridine rings is 2. The second kappa shape index (κ2) is 3.38. The Kier molecular flexibility index (Phi) is 2.31. The molecule has 15 heavy (non-hydrogen) atoms. The average Bonchev–Trinajstić information content (AvgIpc) is 2.17. The zero-order chi connectivity index (χ0) is 11.2. The Morgan fingerprint density at radius 2 is 2.00 bits per heavy atom. The van der Waals surface area contributed by atoms with Crippen molar-refractivity contribution in [3.63, 3.8) is 0 Å². The largest absolute Gasteiger partial charge is 0.507 e. The van der Waals surface area contributed by atoms with Crippen LogP contribution in [0.4, 0.5) is 0 Å². The monoisotopic (exact) mass is 267 g/mol. The maximum atomic E-state index is 11.8. The highest BCUT2D eigenvalue weighted by Gasteiger charge is 2.08. The summed E-state index contributed by atoms with van der Waals surface area (Å²) in [6.45, 7) is 3.53. The van der Waals surface area contributed by atoms with E-state index in [9.17, 15) is 9.90 Å². The van der Waals surface area contributed by atoms with Gasteiger partial charge in [-0.25, -0.2) is 0 Å². The highest BCUT2D eigenvalue weighted by atomic mass is 79.9. The summed E-state index contributed by atoms with van der Waals surface area (Å²) in [5.41, 5.74) is 1.84. The van der Waals surface area contributed by atoms with Crippen LogP contribution in [0.3, 0.4) is 0 Å². The molecular formula is C11H10BrNO2. The van der Waals surface area contributed by atoms with Crippen molar-refractivity contribution in [2.75, 3.05) is 0 Å². The number of aromatic hydroxyl groups is 1. The zero-order valence-electron chi connectivity index (χ0n) is 8.41. The van der Waals surface area contributed by atoms with E-state index in [1.54, 1.807) is 19.2 Å². The SMILES string of the molecule is Cc1cc(Br)c2cc(O)c(C)c(=O)n2c1. The minimum absolute atomic E-state index is 0.0320. The molecule has 1 N–H and O–H groups in total. The van der Waals surface area contributed by atoms with E-state index in [1.165, 1.54) is 4.40 Å². The minimum Gasteiger partial charge on any atom is -0.507 e. The van der Waals surface area contributed by atoms with Gasteiger partial charge in [0.1, 0.15) is 5.75 Å². The van der Waals surface area contributed by atoms with E-state index in [1.807, 2.05) is 13.0 Å². The van der Waals surface area contributed by atoms with Crippen LogP contribution in [0, 0.1) is 13.8 Å². The number of halogens is 1. The van der Waals surface area contributed by atoms with Crippen LogP contribution in [0.2, 0.25) is 0 Å². The number of aromatic nitrogens is 1. The van der Waals surface area contributed by atoms with E-state index in [2.05, 4.69) is 15.9 Å². The van der Waals surface area contributed by atoms with Gasteiger partial charge in [-0.15, -0.1) is 0 Å². The van der Waals surface area contributed by atoms with Crippen LogP contribution < -0.4 is 5.56 Å². The van der Waals surface area contributed by atoms with Crippen molar-refractivity contribution in [3.8, 4) is 5.75 Å². The fourth-order valence-corrected chi connectivity index (χ4v) is 2.20. The maximum absolute atomic E-state index is 11.8. The Balaban J connectivity index is 3.06. The summed E-state index contributed by atoms with van der Waals surface area (Å²) in [4.78, 5) is 11.8. The molecule has 4 heteroatoms. The van der Waals surface area contributed by atoms with E-state index in [4.69, 9.17) is 0 Å². The Morgan fingerprint density at radius 1 is 1.33 bits per heavy atom. The highest BCUT2D eigenvalue weighted by molar-refractivity contribution is 9.10.